The van der Waals surface area contributed by atoms with Crippen LogP contribution in [0.5, 0.6) is 0 Å². The molecule has 5 aliphatic rings. The largest absolute Gasteiger partial charge is 0.480 e. The van der Waals surface area contributed by atoms with E-state index in [0.29, 0.717) is 45.3 Å². The van der Waals surface area contributed by atoms with Crippen LogP contribution in [-0.4, -0.2) is 116 Å². The Morgan fingerprint density at radius 3 is 2.51 bits per heavy atom. The van der Waals surface area contributed by atoms with E-state index in [4.69, 9.17) is 0 Å². The van der Waals surface area contributed by atoms with Crippen LogP contribution in [0, 0.1) is 38.7 Å². The molecule has 0 aromatic heterocycles. The number of carbonyl (C=O) groups excluding carboxylic acids is 2. The van der Waals surface area contributed by atoms with Gasteiger partial charge in [0, 0.05) is 44.6 Å². The van der Waals surface area contributed by atoms with E-state index in [-0.39, 0.29) is 61.5 Å². The lowest BCUT2D eigenvalue weighted by molar-refractivity contribution is -0.757. The van der Waals surface area contributed by atoms with Crippen molar-refractivity contribution in [3.05, 3.63) is 21.8 Å². The third kappa shape index (κ3) is 5.41. The molecule has 43 heavy (non-hydrogen) atoms. The van der Waals surface area contributed by atoms with Crippen molar-refractivity contribution in [3.63, 3.8) is 0 Å². The zero-order chi connectivity index (χ0) is 31.3. The monoisotopic (exact) mass is 607 g/mol. The Morgan fingerprint density at radius 2 is 1.86 bits per heavy atom. The SMILES string of the molecule is C[C@]12CCC(=O)C=C1CC[C@@H]1[C@@H]2[C@@H](O)C[C@@]2(C)[C@H]1CC[C@]2(O)C(O)C(=O)C(C(=O)O)N1CCN(CCCO[N+](=O)[O-])CC1. The van der Waals surface area contributed by atoms with Crippen LogP contribution in [0.25, 0.3) is 0 Å². The highest BCUT2D eigenvalue weighted by atomic mass is 16.9. The lowest BCUT2D eigenvalue weighted by Crippen LogP contribution is -2.66. The summed E-state index contributed by atoms with van der Waals surface area (Å²) in [6, 6.07) is -1.64. The van der Waals surface area contributed by atoms with Crippen LogP contribution >= 0.6 is 0 Å². The van der Waals surface area contributed by atoms with Gasteiger partial charge in [-0.3, -0.25) is 19.3 Å². The molecule has 3 saturated carbocycles. The first-order valence-electron chi connectivity index (χ1n) is 15.6. The summed E-state index contributed by atoms with van der Waals surface area (Å²) in [7, 11) is 0. The molecule has 1 saturated heterocycles. The summed E-state index contributed by atoms with van der Waals surface area (Å²) in [4.78, 5) is 56.5. The quantitative estimate of drug-likeness (QED) is 0.119. The second-order valence-corrected chi connectivity index (χ2v) is 13.9. The zero-order valence-corrected chi connectivity index (χ0v) is 25.0. The van der Waals surface area contributed by atoms with Crippen molar-refractivity contribution in [2.24, 2.45) is 28.6 Å². The third-order valence-corrected chi connectivity index (χ3v) is 11.9. The molecule has 9 atom stereocenters. The summed E-state index contributed by atoms with van der Waals surface area (Å²) >= 11 is 0. The predicted molar refractivity (Wildman–Crippen MR) is 151 cm³/mol. The van der Waals surface area contributed by atoms with Crippen LogP contribution in [-0.2, 0) is 19.2 Å². The highest BCUT2D eigenvalue weighted by molar-refractivity contribution is 6.05. The first kappa shape index (κ1) is 32.0. The fourth-order valence-electron chi connectivity index (χ4n) is 9.69. The number of aliphatic carboxylic acids is 1. The molecule has 4 aliphatic carbocycles. The predicted octanol–water partition coefficient (Wildman–Crippen LogP) is 0.819. The van der Waals surface area contributed by atoms with Crippen LogP contribution in [0.1, 0.15) is 65.2 Å². The van der Waals surface area contributed by atoms with E-state index in [1.54, 1.807) is 6.08 Å². The molecule has 2 unspecified atom stereocenters. The molecule has 5 rings (SSSR count). The van der Waals surface area contributed by atoms with Crippen LogP contribution in [0.15, 0.2) is 11.6 Å². The minimum absolute atomic E-state index is 0.0406. The van der Waals surface area contributed by atoms with E-state index in [0.717, 1.165) is 18.4 Å². The Hall–Kier alpha value is -2.45. The minimum atomic E-state index is -1.94. The van der Waals surface area contributed by atoms with Gasteiger partial charge in [-0.25, -0.2) is 0 Å². The maximum absolute atomic E-state index is 13.8. The highest BCUT2D eigenvalue weighted by Crippen LogP contribution is 2.68. The molecule has 0 bridgehead atoms. The van der Waals surface area contributed by atoms with Crippen molar-refractivity contribution >= 4 is 17.5 Å². The number of aliphatic hydroxyl groups excluding tert-OH is 2. The first-order chi connectivity index (χ1) is 20.2. The van der Waals surface area contributed by atoms with Gasteiger partial charge in [0.15, 0.2) is 17.6 Å². The number of carboxylic acids is 1. The molecule has 1 aliphatic heterocycles. The summed E-state index contributed by atoms with van der Waals surface area (Å²) in [5, 5.41) is 54.9. The number of aliphatic hydroxyl groups is 3. The Morgan fingerprint density at radius 1 is 1.16 bits per heavy atom. The second kappa shape index (κ2) is 11.8. The van der Waals surface area contributed by atoms with E-state index < -0.39 is 46.1 Å². The Balaban J connectivity index is 1.29. The van der Waals surface area contributed by atoms with E-state index in [1.807, 2.05) is 11.8 Å². The fraction of sp³-hybridized carbons (Fsp3) is 0.833. The number of carbonyl (C=O) groups is 3. The summed E-state index contributed by atoms with van der Waals surface area (Å²) in [6.45, 7) is 5.79. The normalized spacial score (nSPS) is 39.6. The fourth-order valence-corrected chi connectivity index (χ4v) is 9.69. The van der Waals surface area contributed by atoms with Gasteiger partial charge in [0.05, 0.1) is 12.7 Å². The number of ketones is 2. The number of fused-ring (bicyclic) bond motifs is 5. The van der Waals surface area contributed by atoms with Crippen LogP contribution in [0.3, 0.4) is 0 Å². The molecular weight excluding hydrogens is 562 g/mol. The summed E-state index contributed by atoms with van der Waals surface area (Å²) in [6.07, 6.45) is 2.88. The van der Waals surface area contributed by atoms with Gasteiger partial charge in [0.1, 0.15) is 11.7 Å². The smallest absolute Gasteiger partial charge is 0.328 e. The molecule has 0 radical (unpaired) electrons. The van der Waals surface area contributed by atoms with Gasteiger partial charge in [0.2, 0.25) is 0 Å². The number of piperazine rings is 1. The van der Waals surface area contributed by atoms with Crippen molar-refractivity contribution in [2.75, 3.05) is 39.3 Å². The molecule has 0 aromatic rings. The topological polar surface area (TPSA) is 191 Å². The van der Waals surface area contributed by atoms with Gasteiger partial charge in [-0.15, -0.1) is 10.1 Å². The van der Waals surface area contributed by atoms with E-state index in [2.05, 4.69) is 11.8 Å². The highest BCUT2D eigenvalue weighted by Gasteiger charge is 2.69. The van der Waals surface area contributed by atoms with Gasteiger partial charge in [-0.2, -0.15) is 0 Å². The molecule has 0 aromatic carbocycles. The van der Waals surface area contributed by atoms with E-state index in [1.165, 1.54) is 4.90 Å². The maximum Gasteiger partial charge on any atom is 0.328 e. The van der Waals surface area contributed by atoms with Crippen molar-refractivity contribution in [3.8, 4) is 0 Å². The molecule has 1 heterocycles. The van der Waals surface area contributed by atoms with E-state index in [9.17, 15) is 44.9 Å². The van der Waals surface area contributed by atoms with Gasteiger partial charge in [-0.1, -0.05) is 19.4 Å². The molecule has 4 N–H and O–H groups in total. The van der Waals surface area contributed by atoms with Crippen molar-refractivity contribution < 1.29 is 44.7 Å². The van der Waals surface area contributed by atoms with Crippen molar-refractivity contribution in [1.82, 2.24) is 9.80 Å². The maximum atomic E-state index is 13.8. The number of hydrogen-bond acceptors (Lipinski definition) is 11. The van der Waals surface area contributed by atoms with Crippen LogP contribution < -0.4 is 0 Å². The van der Waals surface area contributed by atoms with Crippen molar-refractivity contribution in [2.45, 2.75) is 89.1 Å². The standard InChI is InChI=1S/C30H45N3O10/c1-28-8-6-19(34)16-18(28)4-5-20-21-7-9-30(40,29(21,2)17-22(35)23(20)28)26(37)25(36)24(27(38)39)32-13-11-31(12-14-32)10-3-15-43-33(41)42/h16,20-24,26,35,37,40H,3-15,17H2,1-2H3,(H,38,39)/t20-,21-,22-,23+,24?,26?,28-,29-,30-/m0/s1. The Labute approximate surface area is 251 Å². The number of carboxylic acid groups (broad SMARTS) is 1. The molecule has 13 heteroatoms. The Bertz CT molecular complexity index is 1170. The average Bonchev–Trinajstić information content (AvgIpc) is 3.22. The molecule has 4 fully saturated rings. The molecule has 0 spiro atoms. The summed E-state index contributed by atoms with van der Waals surface area (Å²) in [5.74, 6) is -2.35. The lowest BCUT2D eigenvalue weighted by Gasteiger charge is -2.61. The zero-order valence-electron chi connectivity index (χ0n) is 25.0. The number of nitrogens with zero attached hydrogens (tertiary/aromatic N) is 3. The lowest BCUT2D eigenvalue weighted by atomic mass is 9.45. The molecule has 13 nitrogen and oxygen atoms in total. The number of Topliss-reactive ketones (excluding diaryl/α,β-unsaturated/α-hetero) is 1. The number of rotatable bonds is 10. The second-order valence-electron chi connectivity index (χ2n) is 13.9. The molecule has 0 amide bonds. The summed E-state index contributed by atoms with van der Waals surface area (Å²) < 4.78 is 0. The van der Waals surface area contributed by atoms with Crippen LogP contribution in [0.4, 0.5) is 0 Å². The van der Waals surface area contributed by atoms with Gasteiger partial charge < -0.3 is 30.2 Å². The number of allylic oxidation sites excluding steroid dienone is 1. The third-order valence-electron chi connectivity index (χ3n) is 11.9. The summed E-state index contributed by atoms with van der Waals surface area (Å²) in [5.41, 5.74) is -2.13. The van der Waals surface area contributed by atoms with Gasteiger partial charge in [0.25, 0.3) is 5.09 Å². The van der Waals surface area contributed by atoms with Crippen molar-refractivity contribution in [1.29, 1.82) is 0 Å². The number of hydrogen-bond donors (Lipinski definition) is 4. The molecule has 240 valence electrons. The van der Waals surface area contributed by atoms with Gasteiger partial charge >= 0.3 is 5.97 Å². The average molecular weight is 608 g/mol. The van der Waals surface area contributed by atoms with E-state index >= 15 is 0 Å². The minimum Gasteiger partial charge on any atom is -0.480 e. The molecular formula is C30H45N3O10. The first-order valence-corrected chi connectivity index (χ1v) is 15.6. The van der Waals surface area contributed by atoms with Crippen LogP contribution in [0.2, 0.25) is 0 Å². The van der Waals surface area contributed by atoms with Gasteiger partial charge in [-0.05, 0) is 74.2 Å². The Kier molecular flexibility index (Phi) is 8.78.